The molecule has 0 aromatic heterocycles. The fourth-order valence-corrected chi connectivity index (χ4v) is 2.89. The summed E-state index contributed by atoms with van der Waals surface area (Å²) < 4.78 is 36.5. The first-order valence-corrected chi connectivity index (χ1v) is 7.70. The number of nitrogens with one attached hydrogen (secondary N) is 1. The Labute approximate surface area is 123 Å². The third-order valence-corrected chi connectivity index (χ3v) is 4.21. The molecule has 118 valence electrons. The van der Waals surface area contributed by atoms with Gasteiger partial charge in [0.2, 0.25) is 10.0 Å². The van der Waals surface area contributed by atoms with Gasteiger partial charge in [-0.15, -0.1) is 0 Å². The Bertz CT molecular complexity index is 599. The highest BCUT2D eigenvalue weighted by atomic mass is 32.2. The second-order valence-corrected chi connectivity index (χ2v) is 6.35. The number of hydrogen-bond donors (Lipinski definition) is 2. The molecule has 0 fully saturated rings. The van der Waals surface area contributed by atoms with Gasteiger partial charge in [-0.3, -0.25) is 0 Å². The molecular formula is C13H19NO6S. The predicted molar refractivity (Wildman–Crippen MR) is 76.2 cm³/mol. The van der Waals surface area contributed by atoms with E-state index in [9.17, 15) is 13.2 Å². The van der Waals surface area contributed by atoms with E-state index in [0.29, 0.717) is 6.61 Å². The molecule has 1 unspecified atom stereocenters. The molecule has 0 aliphatic carbocycles. The van der Waals surface area contributed by atoms with Crippen molar-refractivity contribution >= 4 is 16.0 Å². The molecule has 0 saturated carbocycles. The molecule has 1 aromatic rings. The lowest BCUT2D eigenvalue weighted by Gasteiger charge is -2.13. The van der Waals surface area contributed by atoms with Gasteiger partial charge in [0.25, 0.3) is 0 Å². The molecule has 0 heterocycles. The summed E-state index contributed by atoms with van der Waals surface area (Å²) in [6.07, 6.45) is 0. The van der Waals surface area contributed by atoms with E-state index in [1.165, 1.54) is 26.4 Å². The molecule has 21 heavy (non-hydrogen) atoms. The molecule has 0 aliphatic heterocycles. The minimum absolute atomic E-state index is 0.00182. The zero-order valence-electron chi connectivity index (χ0n) is 12.1. The van der Waals surface area contributed by atoms with E-state index in [4.69, 9.17) is 14.6 Å². The minimum Gasteiger partial charge on any atom is -0.496 e. The summed E-state index contributed by atoms with van der Waals surface area (Å²) in [7, 11) is -0.924. The number of hydrogen-bond acceptors (Lipinski definition) is 5. The lowest BCUT2D eigenvalue weighted by atomic mass is 10.2. The predicted octanol–water partition coefficient (Wildman–Crippen LogP) is 0.954. The minimum atomic E-state index is -3.78. The highest BCUT2D eigenvalue weighted by molar-refractivity contribution is 7.89. The molecule has 1 rings (SSSR count). The number of carboxylic acid groups (broad SMARTS) is 1. The van der Waals surface area contributed by atoms with Crippen LogP contribution in [0.15, 0.2) is 23.1 Å². The van der Waals surface area contributed by atoms with Crippen molar-refractivity contribution in [2.45, 2.75) is 11.8 Å². The van der Waals surface area contributed by atoms with Gasteiger partial charge in [-0.25, -0.2) is 17.9 Å². The first kappa shape index (κ1) is 17.4. The maximum Gasteiger partial charge on any atom is 0.339 e. The van der Waals surface area contributed by atoms with Crippen LogP contribution in [0.1, 0.15) is 17.3 Å². The second kappa shape index (κ2) is 7.39. The third-order valence-electron chi connectivity index (χ3n) is 2.78. The molecule has 0 saturated heterocycles. The van der Waals surface area contributed by atoms with Crippen molar-refractivity contribution in [2.75, 3.05) is 27.4 Å². The quantitative estimate of drug-likeness (QED) is 0.740. The van der Waals surface area contributed by atoms with Crippen molar-refractivity contribution < 1.29 is 27.8 Å². The van der Waals surface area contributed by atoms with E-state index in [0.717, 1.165) is 6.07 Å². The molecule has 1 aromatic carbocycles. The average molecular weight is 317 g/mol. The topological polar surface area (TPSA) is 102 Å². The van der Waals surface area contributed by atoms with Gasteiger partial charge in [0.1, 0.15) is 11.3 Å². The molecule has 0 spiro atoms. The molecule has 0 bridgehead atoms. The third kappa shape index (κ3) is 4.69. The summed E-state index contributed by atoms with van der Waals surface area (Å²) >= 11 is 0. The van der Waals surface area contributed by atoms with E-state index in [-0.39, 0.29) is 28.7 Å². The number of rotatable bonds is 8. The molecule has 1 atom stereocenters. The van der Waals surface area contributed by atoms with Crippen LogP contribution in [0, 0.1) is 5.92 Å². The number of aromatic carboxylic acids is 1. The van der Waals surface area contributed by atoms with E-state index >= 15 is 0 Å². The van der Waals surface area contributed by atoms with E-state index in [2.05, 4.69) is 4.72 Å². The van der Waals surface area contributed by atoms with Crippen molar-refractivity contribution in [3.05, 3.63) is 23.8 Å². The Kier molecular flexibility index (Phi) is 6.13. The Hall–Kier alpha value is -1.64. The summed E-state index contributed by atoms with van der Waals surface area (Å²) in [5, 5.41) is 9.06. The molecule has 0 amide bonds. The van der Waals surface area contributed by atoms with Gasteiger partial charge in [-0.2, -0.15) is 0 Å². The van der Waals surface area contributed by atoms with Crippen LogP contribution in [-0.2, 0) is 14.8 Å². The Morgan fingerprint density at radius 3 is 2.57 bits per heavy atom. The molecule has 0 radical (unpaired) electrons. The van der Waals surface area contributed by atoms with Crippen LogP contribution in [0.25, 0.3) is 0 Å². The van der Waals surface area contributed by atoms with E-state index in [1.54, 1.807) is 0 Å². The normalized spacial score (nSPS) is 12.9. The second-order valence-electron chi connectivity index (χ2n) is 4.58. The van der Waals surface area contributed by atoms with Crippen molar-refractivity contribution in [2.24, 2.45) is 5.92 Å². The van der Waals surface area contributed by atoms with Gasteiger partial charge < -0.3 is 14.6 Å². The summed E-state index contributed by atoms with van der Waals surface area (Å²) in [6, 6.07) is 3.69. The highest BCUT2D eigenvalue weighted by Gasteiger charge is 2.19. The maximum absolute atomic E-state index is 12.1. The zero-order chi connectivity index (χ0) is 16.0. The fourth-order valence-electron chi connectivity index (χ4n) is 1.70. The van der Waals surface area contributed by atoms with Crippen LogP contribution in [0.4, 0.5) is 0 Å². The Morgan fingerprint density at radius 2 is 2.05 bits per heavy atom. The van der Waals surface area contributed by atoms with Gasteiger partial charge in [0.15, 0.2) is 0 Å². The average Bonchev–Trinajstić information content (AvgIpc) is 2.44. The first-order valence-electron chi connectivity index (χ1n) is 6.21. The summed E-state index contributed by atoms with van der Waals surface area (Å²) in [6.45, 7) is 2.46. The lowest BCUT2D eigenvalue weighted by molar-refractivity contribution is 0.0693. The number of carbonyl (C=O) groups is 1. The molecule has 2 N–H and O–H groups in total. The van der Waals surface area contributed by atoms with Crippen LogP contribution in [0.3, 0.4) is 0 Å². The van der Waals surface area contributed by atoms with Crippen LogP contribution < -0.4 is 9.46 Å². The number of methoxy groups -OCH3 is 2. The molecule has 7 nitrogen and oxygen atoms in total. The fraction of sp³-hybridized carbons (Fsp3) is 0.462. The summed E-state index contributed by atoms with van der Waals surface area (Å²) in [5.74, 6) is -1.15. The van der Waals surface area contributed by atoms with Gasteiger partial charge in [-0.05, 0) is 24.1 Å². The molecule has 0 aliphatic rings. The van der Waals surface area contributed by atoms with Crippen molar-refractivity contribution in [1.29, 1.82) is 0 Å². The number of ether oxygens (including phenoxy) is 2. The number of carboxylic acids is 1. The van der Waals surface area contributed by atoms with E-state index in [1.807, 2.05) is 6.92 Å². The van der Waals surface area contributed by atoms with E-state index < -0.39 is 16.0 Å². The highest BCUT2D eigenvalue weighted by Crippen LogP contribution is 2.22. The van der Waals surface area contributed by atoms with Crippen molar-refractivity contribution in [1.82, 2.24) is 4.72 Å². The number of sulfonamides is 1. The van der Waals surface area contributed by atoms with Crippen LogP contribution in [0.2, 0.25) is 0 Å². The smallest absolute Gasteiger partial charge is 0.339 e. The Morgan fingerprint density at radius 1 is 1.38 bits per heavy atom. The first-order chi connectivity index (χ1) is 9.81. The number of benzene rings is 1. The maximum atomic E-state index is 12.1. The Balaban J connectivity index is 2.98. The van der Waals surface area contributed by atoms with Gasteiger partial charge in [-0.1, -0.05) is 6.92 Å². The monoisotopic (exact) mass is 317 g/mol. The molecule has 8 heteroatoms. The largest absolute Gasteiger partial charge is 0.496 e. The summed E-state index contributed by atoms with van der Waals surface area (Å²) in [5.41, 5.74) is -0.203. The molecular weight excluding hydrogens is 298 g/mol. The van der Waals surface area contributed by atoms with Gasteiger partial charge in [0, 0.05) is 20.3 Å². The van der Waals surface area contributed by atoms with Crippen molar-refractivity contribution in [3.8, 4) is 5.75 Å². The standard InChI is InChI=1S/C13H19NO6S/c1-9(8-19-2)7-14-21(17,18)10-4-5-12(20-3)11(6-10)13(15)16/h4-6,9,14H,7-8H2,1-3H3,(H,15,16). The summed E-state index contributed by atoms with van der Waals surface area (Å²) in [4.78, 5) is 11.0. The SMILES string of the molecule is COCC(C)CNS(=O)(=O)c1ccc(OC)c(C(=O)O)c1. The van der Waals surface area contributed by atoms with Gasteiger partial charge in [0.05, 0.1) is 12.0 Å². The van der Waals surface area contributed by atoms with Gasteiger partial charge >= 0.3 is 5.97 Å². The van der Waals surface area contributed by atoms with Crippen molar-refractivity contribution in [3.63, 3.8) is 0 Å². The zero-order valence-corrected chi connectivity index (χ0v) is 12.9. The van der Waals surface area contributed by atoms with Crippen LogP contribution in [0.5, 0.6) is 5.75 Å². The van der Waals surface area contributed by atoms with Crippen LogP contribution in [-0.4, -0.2) is 46.9 Å². The lowest BCUT2D eigenvalue weighted by Crippen LogP contribution is -2.30. The van der Waals surface area contributed by atoms with Crippen LogP contribution >= 0.6 is 0 Å².